The van der Waals surface area contributed by atoms with Crippen molar-refractivity contribution in [3.8, 4) is 0 Å². The average Bonchev–Trinajstić information content (AvgIpc) is 2.46. The largest absolute Gasteiger partial charge is 0.372 e. The highest BCUT2D eigenvalue weighted by Gasteiger charge is 1.97. The van der Waals surface area contributed by atoms with Crippen LogP contribution in [0.4, 0.5) is 5.82 Å². The highest BCUT2D eigenvalue weighted by atomic mass is 32.1. The van der Waals surface area contributed by atoms with E-state index in [0.717, 1.165) is 16.4 Å². The van der Waals surface area contributed by atoms with Crippen LogP contribution in [0.25, 0.3) is 5.65 Å². The Morgan fingerprint density at radius 2 is 2.25 bits per heavy atom. The molecule has 0 aliphatic rings. The first-order valence-corrected chi connectivity index (χ1v) is 4.10. The molecule has 2 rings (SSSR count). The first-order chi connectivity index (χ1) is 5.79. The van der Waals surface area contributed by atoms with Gasteiger partial charge in [-0.2, -0.15) is 0 Å². The number of imidazole rings is 1. The molecule has 2 aromatic heterocycles. The van der Waals surface area contributed by atoms with Crippen LogP contribution in [0.1, 0.15) is 0 Å². The second-order valence-corrected chi connectivity index (χ2v) is 3.05. The summed E-state index contributed by atoms with van der Waals surface area (Å²) < 4.78 is 1.94. The molecule has 0 unspecified atom stereocenters. The predicted octanol–water partition coefficient (Wildman–Crippen LogP) is 1.66. The summed E-state index contributed by atoms with van der Waals surface area (Å²) in [6, 6.07) is 3.86. The van der Waals surface area contributed by atoms with Crippen molar-refractivity contribution in [2.75, 3.05) is 12.4 Å². The van der Waals surface area contributed by atoms with E-state index in [4.69, 9.17) is 0 Å². The van der Waals surface area contributed by atoms with E-state index in [-0.39, 0.29) is 0 Å². The standard InChI is InChI=1S/C8H9N3S/c1-9-7-5-11-4-6(12)2-3-8(11)10-7/h2-5,9,12H,1H3. The number of nitrogens with one attached hydrogen (secondary N) is 1. The topological polar surface area (TPSA) is 29.3 Å². The molecule has 2 heterocycles. The van der Waals surface area contributed by atoms with Gasteiger partial charge in [-0.05, 0) is 12.1 Å². The monoisotopic (exact) mass is 179 g/mol. The minimum atomic E-state index is 0.869. The Bertz CT molecular complexity index is 408. The number of aromatic nitrogens is 2. The third-order valence-electron chi connectivity index (χ3n) is 1.69. The van der Waals surface area contributed by atoms with E-state index in [2.05, 4.69) is 22.9 Å². The van der Waals surface area contributed by atoms with Gasteiger partial charge in [-0.3, -0.25) is 0 Å². The summed E-state index contributed by atoms with van der Waals surface area (Å²) in [5.74, 6) is 0.869. The quantitative estimate of drug-likeness (QED) is 0.652. The Labute approximate surface area is 75.8 Å². The lowest BCUT2D eigenvalue weighted by Crippen LogP contribution is -1.85. The predicted molar refractivity (Wildman–Crippen MR) is 52.0 cm³/mol. The van der Waals surface area contributed by atoms with Crippen molar-refractivity contribution in [1.29, 1.82) is 0 Å². The van der Waals surface area contributed by atoms with Gasteiger partial charge in [0.15, 0.2) is 0 Å². The first-order valence-electron chi connectivity index (χ1n) is 3.65. The maximum atomic E-state index is 4.29. The highest BCUT2D eigenvalue weighted by Crippen LogP contribution is 2.12. The summed E-state index contributed by atoms with van der Waals surface area (Å²) in [6.45, 7) is 0. The molecular weight excluding hydrogens is 170 g/mol. The van der Waals surface area contributed by atoms with Gasteiger partial charge >= 0.3 is 0 Å². The van der Waals surface area contributed by atoms with Gasteiger partial charge in [0.1, 0.15) is 11.5 Å². The van der Waals surface area contributed by atoms with Gasteiger partial charge in [0.2, 0.25) is 0 Å². The molecule has 2 aromatic rings. The fraction of sp³-hybridized carbons (Fsp3) is 0.125. The maximum Gasteiger partial charge on any atom is 0.145 e. The minimum absolute atomic E-state index is 0.869. The van der Waals surface area contributed by atoms with Crippen molar-refractivity contribution in [2.45, 2.75) is 4.90 Å². The second-order valence-electron chi connectivity index (χ2n) is 2.53. The summed E-state index contributed by atoms with van der Waals surface area (Å²) in [6.07, 6.45) is 3.85. The third kappa shape index (κ3) is 1.14. The van der Waals surface area contributed by atoms with E-state index in [9.17, 15) is 0 Å². The summed E-state index contributed by atoms with van der Waals surface area (Å²) in [5, 5.41) is 2.98. The van der Waals surface area contributed by atoms with Gasteiger partial charge in [0.05, 0.1) is 6.20 Å². The van der Waals surface area contributed by atoms with E-state index in [1.165, 1.54) is 0 Å². The molecule has 0 bridgehead atoms. The molecule has 12 heavy (non-hydrogen) atoms. The molecule has 0 aromatic carbocycles. The van der Waals surface area contributed by atoms with Crippen molar-refractivity contribution in [3.05, 3.63) is 24.5 Å². The Balaban J connectivity index is 2.67. The van der Waals surface area contributed by atoms with Crippen molar-refractivity contribution in [1.82, 2.24) is 9.38 Å². The molecule has 0 amide bonds. The summed E-state index contributed by atoms with van der Waals surface area (Å²) in [7, 11) is 1.85. The van der Waals surface area contributed by atoms with Crippen LogP contribution in [0.15, 0.2) is 29.4 Å². The Kier molecular flexibility index (Phi) is 1.69. The number of pyridine rings is 1. The molecule has 0 fully saturated rings. The van der Waals surface area contributed by atoms with Crippen LogP contribution in [0, 0.1) is 0 Å². The summed E-state index contributed by atoms with van der Waals surface area (Å²) in [5.41, 5.74) is 0.928. The van der Waals surface area contributed by atoms with Gasteiger partial charge in [-0.15, -0.1) is 12.6 Å². The zero-order valence-corrected chi connectivity index (χ0v) is 7.55. The van der Waals surface area contributed by atoms with Crippen molar-refractivity contribution in [3.63, 3.8) is 0 Å². The molecule has 0 radical (unpaired) electrons. The SMILES string of the molecule is CNc1cn2cc(S)ccc2n1. The Morgan fingerprint density at radius 3 is 3.00 bits per heavy atom. The van der Waals surface area contributed by atoms with E-state index in [0.29, 0.717) is 0 Å². The number of fused-ring (bicyclic) bond motifs is 1. The molecule has 0 aliphatic carbocycles. The van der Waals surface area contributed by atoms with Gasteiger partial charge < -0.3 is 9.72 Å². The maximum absolute atomic E-state index is 4.29. The van der Waals surface area contributed by atoms with Crippen LogP contribution in [0.5, 0.6) is 0 Å². The smallest absolute Gasteiger partial charge is 0.145 e. The number of thiol groups is 1. The van der Waals surface area contributed by atoms with E-state index >= 15 is 0 Å². The molecule has 0 spiro atoms. The zero-order valence-electron chi connectivity index (χ0n) is 6.65. The molecule has 0 atom stereocenters. The molecule has 4 heteroatoms. The lowest BCUT2D eigenvalue weighted by molar-refractivity contribution is 1.13. The molecular formula is C8H9N3S. The number of rotatable bonds is 1. The second kappa shape index (κ2) is 2.71. The lowest BCUT2D eigenvalue weighted by atomic mass is 10.5. The van der Waals surface area contributed by atoms with Gasteiger partial charge in [0.25, 0.3) is 0 Å². The molecule has 0 aliphatic heterocycles. The molecule has 3 nitrogen and oxygen atoms in total. The van der Waals surface area contributed by atoms with Crippen molar-refractivity contribution < 1.29 is 0 Å². The van der Waals surface area contributed by atoms with Crippen LogP contribution in [0.2, 0.25) is 0 Å². The average molecular weight is 179 g/mol. The Hall–Kier alpha value is -1.16. The third-order valence-corrected chi connectivity index (χ3v) is 1.96. The van der Waals surface area contributed by atoms with E-state index < -0.39 is 0 Å². The number of hydrogen-bond acceptors (Lipinski definition) is 3. The molecule has 62 valence electrons. The Morgan fingerprint density at radius 1 is 1.42 bits per heavy atom. The highest BCUT2D eigenvalue weighted by molar-refractivity contribution is 7.80. The summed E-state index contributed by atoms with van der Waals surface area (Å²) in [4.78, 5) is 5.22. The van der Waals surface area contributed by atoms with Crippen LogP contribution >= 0.6 is 12.6 Å². The minimum Gasteiger partial charge on any atom is -0.372 e. The number of hydrogen-bond donors (Lipinski definition) is 2. The number of anilines is 1. The normalized spacial score (nSPS) is 10.5. The zero-order chi connectivity index (χ0) is 8.55. The first kappa shape index (κ1) is 7.49. The van der Waals surface area contributed by atoms with Crippen LogP contribution in [-0.2, 0) is 0 Å². The molecule has 0 saturated carbocycles. The van der Waals surface area contributed by atoms with Crippen LogP contribution in [0.3, 0.4) is 0 Å². The van der Waals surface area contributed by atoms with E-state index in [1.54, 1.807) is 0 Å². The van der Waals surface area contributed by atoms with Crippen LogP contribution < -0.4 is 5.32 Å². The molecule has 0 saturated heterocycles. The van der Waals surface area contributed by atoms with Crippen molar-refractivity contribution in [2.24, 2.45) is 0 Å². The van der Waals surface area contributed by atoms with Crippen molar-refractivity contribution >= 4 is 24.1 Å². The van der Waals surface area contributed by atoms with E-state index in [1.807, 2.05) is 36.0 Å². The van der Waals surface area contributed by atoms with Gasteiger partial charge in [0, 0.05) is 18.1 Å². The summed E-state index contributed by atoms with van der Waals surface area (Å²) >= 11 is 4.23. The fourth-order valence-corrected chi connectivity index (χ4v) is 1.30. The van der Waals surface area contributed by atoms with Crippen LogP contribution in [-0.4, -0.2) is 16.4 Å². The van der Waals surface area contributed by atoms with Gasteiger partial charge in [-0.25, -0.2) is 4.98 Å². The lowest BCUT2D eigenvalue weighted by Gasteiger charge is -1.92. The molecule has 1 N–H and O–H groups in total. The number of nitrogens with zero attached hydrogens (tertiary/aromatic N) is 2. The van der Waals surface area contributed by atoms with Gasteiger partial charge in [-0.1, -0.05) is 0 Å². The fourth-order valence-electron chi connectivity index (χ4n) is 1.10.